The van der Waals surface area contributed by atoms with Crippen LogP contribution >= 0.6 is 12.6 Å². The van der Waals surface area contributed by atoms with Crippen molar-refractivity contribution in [1.29, 1.82) is 0 Å². The lowest BCUT2D eigenvalue weighted by Crippen LogP contribution is -2.54. The molecule has 0 heterocycles. The first kappa shape index (κ1) is 22.3. The fourth-order valence-electron chi connectivity index (χ4n) is 1.98. The average Bonchev–Trinajstić information content (AvgIpc) is 2.63. The van der Waals surface area contributed by atoms with Gasteiger partial charge >= 0.3 is 5.97 Å². The Kier molecular flexibility index (Phi) is 9.09. The minimum Gasteiger partial charge on any atom is -0.508 e. The number of phenolic OH excluding ortho intramolecular Hbond substituents is 1. The zero-order valence-electron chi connectivity index (χ0n) is 14.3. The van der Waals surface area contributed by atoms with Gasteiger partial charge in [0.25, 0.3) is 0 Å². The number of nitrogens with one attached hydrogen (secondary N) is 3. The van der Waals surface area contributed by atoms with E-state index in [9.17, 15) is 24.3 Å². The second-order valence-electron chi connectivity index (χ2n) is 5.61. The maximum Gasteiger partial charge on any atom is 0.322 e. The zero-order valence-corrected chi connectivity index (χ0v) is 15.2. The number of rotatable bonds is 10. The summed E-state index contributed by atoms with van der Waals surface area (Å²) < 4.78 is 0. The number of benzene rings is 1. The molecular weight excluding hydrogens is 376 g/mol. The van der Waals surface area contributed by atoms with Crippen LogP contribution in [0.25, 0.3) is 0 Å². The molecule has 0 saturated carbocycles. The first-order chi connectivity index (χ1) is 12.7. The number of phenols is 1. The zero-order chi connectivity index (χ0) is 20.4. The highest BCUT2D eigenvalue weighted by atomic mass is 32.1. The van der Waals surface area contributed by atoms with E-state index in [-0.39, 0.29) is 17.9 Å². The number of aromatic hydroxyl groups is 1. The van der Waals surface area contributed by atoms with Gasteiger partial charge in [0.2, 0.25) is 17.7 Å². The normalized spacial score (nSPS) is 12.5. The number of nitrogens with two attached hydrogens (primary N) is 1. The molecule has 11 heteroatoms. The highest BCUT2D eigenvalue weighted by Gasteiger charge is 2.23. The summed E-state index contributed by atoms with van der Waals surface area (Å²) in [7, 11) is 0. The van der Waals surface area contributed by atoms with E-state index in [0.29, 0.717) is 0 Å². The summed E-state index contributed by atoms with van der Waals surface area (Å²) in [5.41, 5.74) is 6.56. The largest absolute Gasteiger partial charge is 0.508 e. The van der Waals surface area contributed by atoms with Gasteiger partial charge in [-0.05, 0) is 24.1 Å². The highest BCUT2D eigenvalue weighted by molar-refractivity contribution is 7.80. The number of thiol groups is 1. The topological polar surface area (TPSA) is 171 Å². The minimum absolute atomic E-state index is 0.0275. The third-order valence-corrected chi connectivity index (χ3v) is 3.77. The Bertz CT molecular complexity index is 682. The van der Waals surface area contributed by atoms with Gasteiger partial charge in [-0.3, -0.25) is 19.2 Å². The Morgan fingerprint density at radius 3 is 2.22 bits per heavy atom. The van der Waals surface area contributed by atoms with E-state index in [0.717, 1.165) is 5.56 Å². The summed E-state index contributed by atoms with van der Waals surface area (Å²) in [6.45, 7) is -1.00. The first-order valence-corrected chi connectivity index (χ1v) is 8.57. The van der Waals surface area contributed by atoms with Crippen LogP contribution in [0.4, 0.5) is 0 Å². The second-order valence-corrected chi connectivity index (χ2v) is 5.97. The fraction of sp³-hybridized carbons (Fsp3) is 0.375. The van der Waals surface area contributed by atoms with E-state index in [4.69, 9.17) is 10.8 Å². The Morgan fingerprint density at radius 2 is 1.67 bits per heavy atom. The van der Waals surface area contributed by atoms with E-state index >= 15 is 0 Å². The molecule has 27 heavy (non-hydrogen) atoms. The molecule has 0 aliphatic carbocycles. The molecule has 148 valence electrons. The molecule has 0 spiro atoms. The van der Waals surface area contributed by atoms with E-state index in [1.165, 1.54) is 12.1 Å². The summed E-state index contributed by atoms with van der Waals surface area (Å²) in [6.07, 6.45) is 0.199. The summed E-state index contributed by atoms with van der Waals surface area (Å²) in [5.74, 6) is -3.05. The second kappa shape index (κ2) is 11.0. The van der Waals surface area contributed by atoms with Crippen molar-refractivity contribution in [3.8, 4) is 5.75 Å². The molecule has 0 radical (unpaired) electrons. The van der Waals surface area contributed by atoms with Crippen molar-refractivity contribution >= 4 is 36.3 Å². The van der Waals surface area contributed by atoms with Crippen molar-refractivity contribution in [3.05, 3.63) is 29.8 Å². The lowest BCUT2D eigenvalue weighted by molar-refractivity contribution is -0.138. The molecule has 1 aromatic carbocycles. The molecule has 0 fully saturated rings. The van der Waals surface area contributed by atoms with E-state index in [1.54, 1.807) is 12.1 Å². The van der Waals surface area contributed by atoms with Crippen LogP contribution in [-0.4, -0.2) is 64.8 Å². The lowest BCUT2D eigenvalue weighted by atomic mass is 10.1. The number of carbonyl (C=O) groups is 4. The molecule has 1 rings (SSSR count). The molecule has 2 unspecified atom stereocenters. The molecule has 10 nitrogen and oxygen atoms in total. The van der Waals surface area contributed by atoms with Gasteiger partial charge in [0.15, 0.2) is 0 Å². The number of carbonyl (C=O) groups excluding carboxylic acids is 3. The van der Waals surface area contributed by atoms with Gasteiger partial charge in [0.05, 0.1) is 12.6 Å². The Labute approximate surface area is 160 Å². The minimum atomic E-state index is -1.21. The van der Waals surface area contributed by atoms with Crippen molar-refractivity contribution in [3.63, 3.8) is 0 Å². The van der Waals surface area contributed by atoms with Crippen LogP contribution in [0, 0.1) is 0 Å². The van der Waals surface area contributed by atoms with Gasteiger partial charge in [-0.2, -0.15) is 12.6 Å². The molecule has 0 aliphatic rings. The van der Waals surface area contributed by atoms with Crippen molar-refractivity contribution in [1.82, 2.24) is 16.0 Å². The third kappa shape index (κ3) is 8.42. The molecule has 0 saturated heterocycles. The van der Waals surface area contributed by atoms with Gasteiger partial charge in [-0.1, -0.05) is 12.1 Å². The molecular formula is C16H22N4O6S. The van der Waals surface area contributed by atoms with Crippen LogP contribution in [0.2, 0.25) is 0 Å². The van der Waals surface area contributed by atoms with Crippen LogP contribution in [0.5, 0.6) is 5.75 Å². The van der Waals surface area contributed by atoms with E-state index < -0.39 is 48.9 Å². The summed E-state index contributed by atoms with van der Waals surface area (Å²) in [5, 5.41) is 24.5. The Hall–Kier alpha value is -2.79. The number of carboxylic acid groups (broad SMARTS) is 1. The number of carboxylic acids is 1. The molecule has 1 aromatic rings. The van der Waals surface area contributed by atoms with Crippen molar-refractivity contribution in [2.45, 2.75) is 18.5 Å². The maximum absolute atomic E-state index is 12.2. The smallest absolute Gasteiger partial charge is 0.322 e. The molecule has 0 aliphatic heterocycles. The van der Waals surface area contributed by atoms with Gasteiger partial charge in [0, 0.05) is 5.75 Å². The number of hydrogen-bond acceptors (Lipinski definition) is 7. The van der Waals surface area contributed by atoms with Crippen LogP contribution in [0.15, 0.2) is 24.3 Å². The third-order valence-electron chi connectivity index (χ3n) is 3.40. The molecule has 3 amide bonds. The SMILES string of the molecule is NC(Cc1ccc(O)cc1)C(=O)NC(CS)C(=O)NCC(=O)NCC(=O)O. The van der Waals surface area contributed by atoms with Crippen LogP contribution < -0.4 is 21.7 Å². The molecule has 0 aromatic heterocycles. The monoisotopic (exact) mass is 398 g/mol. The molecule has 2 atom stereocenters. The van der Waals surface area contributed by atoms with E-state index in [1.807, 2.05) is 0 Å². The quantitative estimate of drug-likeness (QED) is 0.223. The van der Waals surface area contributed by atoms with Gasteiger partial charge in [-0.15, -0.1) is 0 Å². The average molecular weight is 398 g/mol. The van der Waals surface area contributed by atoms with E-state index in [2.05, 4.69) is 28.6 Å². The van der Waals surface area contributed by atoms with Crippen molar-refractivity contribution in [2.75, 3.05) is 18.8 Å². The van der Waals surface area contributed by atoms with Crippen molar-refractivity contribution < 1.29 is 29.4 Å². The first-order valence-electron chi connectivity index (χ1n) is 7.93. The summed E-state index contributed by atoms with van der Waals surface area (Å²) >= 11 is 4.00. The molecule has 7 N–H and O–H groups in total. The van der Waals surface area contributed by atoms with Gasteiger partial charge in [0.1, 0.15) is 18.3 Å². The standard InChI is InChI=1S/C16H22N4O6S/c17-11(5-9-1-3-10(21)4-2-9)15(25)20-12(8-27)16(26)19-6-13(22)18-7-14(23)24/h1-4,11-12,21,27H,5-8,17H2,(H,18,22)(H,19,26)(H,20,25)(H,23,24). The predicted octanol–water partition coefficient (Wildman–Crippen LogP) is -2.01. The van der Waals surface area contributed by atoms with Crippen molar-refractivity contribution in [2.24, 2.45) is 5.73 Å². The Balaban J connectivity index is 2.48. The van der Waals surface area contributed by atoms with Crippen LogP contribution in [0.3, 0.4) is 0 Å². The van der Waals surface area contributed by atoms with Crippen LogP contribution in [0.1, 0.15) is 5.56 Å². The molecule has 0 bridgehead atoms. The Morgan fingerprint density at radius 1 is 1.04 bits per heavy atom. The summed E-state index contributed by atoms with van der Waals surface area (Å²) in [4.78, 5) is 45.9. The summed E-state index contributed by atoms with van der Waals surface area (Å²) in [6, 6.07) is 4.25. The fourth-order valence-corrected chi connectivity index (χ4v) is 2.24. The number of aliphatic carboxylic acids is 1. The van der Waals surface area contributed by atoms with Gasteiger partial charge < -0.3 is 31.9 Å². The van der Waals surface area contributed by atoms with Crippen LogP contribution in [-0.2, 0) is 25.6 Å². The predicted molar refractivity (Wildman–Crippen MR) is 99.2 cm³/mol. The maximum atomic E-state index is 12.2. The number of amides is 3. The van der Waals surface area contributed by atoms with Gasteiger partial charge in [-0.25, -0.2) is 0 Å². The lowest BCUT2D eigenvalue weighted by Gasteiger charge is -2.19. The number of hydrogen-bond donors (Lipinski definition) is 7. The highest BCUT2D eigenvalue weighted by Crippen LogP contribution is 2.11.